The maximum atomic E-state index is 9.09. The number of anilines is 1. The van der Waals surface area contributed by atoms with Gasteiger partial charge in [-0.25, -0.2) is 0 Å². The lowest BCUT2D eigenvalue weighted by Crippen LogP contribution is -2.34. The van der Waals surface area contributed by atoms with Crippen molar-refractivity contribution >= 4 is 17.3 Å². The lowest BCUT2D eigenvalue weighted by atomic mass is 9.93. The van der Waals surface area contributed by atoms with Gasteiger partial charge in [0.05, 0.1) is 23.9 Å². The summed E-state index contributed by atoms with van der Waals surface area (Å²) in [6, 6.07) is 1.75. The first-order valence-corrected chi connectivity index (χ1v) is 5.04. The Labute approximate surface area is 93.9 Å². The molecule has 0 bridgehead atoms. The maximum absolute atomic E-state index is 9.09. The molecule has 0 aliphatic heterocycles. The highest BCUT2D eigenvalue weighted by Crippen LogP contribution is 2.22. The largest absolute Gasteiger partial charge is 0.396 e. The molecule has 1 heterocycles. The van der Waals surface area contributed by atoms with Crippen molar-refractivity contribution in [1.29, 1.82) is 0 Å². The lowest BCUT2D eigenvalue weighted by molar-refractivity contribution is 0.0806. The molecule has 0 saturated carbocycles. The van der Waals surface area contributed by atoms with Gasteiger partial charge in [0.1, 0.15) is 0 Å². The van der Waals surface area contributed by atoms with E-state index in [0.717, 1.165) is 5.69 Å². The normalized spacial score (nSPS) is 11.5. The molecule has 4 nitrogen and oxygen atoms in total. The number of aliphatic hydroxyl groups is 2. The molecule has 3 N–H and O–H groups in total. The van der Waals surface area contributed by atoms with Gasteiger partial charge in [-0.05, 0) is 6.07 Å². The van der Waals surface area contributed by atoms with Crippen molar-refractivity contribution in [2.45, 2.75) is 6.92 Å². The molecule has 0 aliphatic carbocycles. The number of aliphatic hydroxyl groups excluding tert-OH is 2. The van der Waals surface area contributed by atoms with Gasteiger partial charge in [-0.3, -0.25) is 4.98 Å². The van der Waals surface area contributed by atoms with Gasteiger partial charge >= 0.3 is 0 Å². The number of hydrogen-bond acceptors (Lipinski definition) is 4. The van der Waals surface area contributed by atoms with Crippen molar-refractivity contribution < 1.29 is 10.2 Å². The Morgan fingerprint density at radius 1 is 1.47 bits per heavy atom. The molecule has 0 unspecified atom stereocenters. The van der Waals surface area contributed by atoms with Gasteiger partial charge in [-0.2, -0.15) is 0 Å². The summed E-state index contributed by atoms with van der Waals surface area (Å²) in [5.74, 6) is 0. The highest BCUT2D eigenvalue weighted by Gasteiger charge is 2.22. The van der Waals surface area contributed by atoms with E-state index in [-0.39, 0.29) is 13.2 Å². The van der Waals surface area contributed by atoms with Gasteiger partial charge in [0.15, 0.2) is 0 Å². The Kier molecular flexibility index (Phi) is 4.32. The van der Waals surface area contributed by atoms with Crippen LogP contribution in [0.5, 0.6) is 0 Å². The summed E-state index contributed by atoms with van der Waals surface area (Å²) in [4.78, 5) is 3.86. The summed E-state index contributed by atoms with van der Waals surface area (Å²) in [6.45, 7) is 2.07. The number of nitrogens with zero attached hydrogens (tertiary/aromatic N) is 1. The number of aromatic nitrogens is 1. The molecular formula is C10H15ClN2O2. The maximum Gasteiger partial charge on any atom is 0.0820 e. The number of nitrogens with one attached hydrogen (secondary N) is 1. The molecule has 84 valence electrons. The smallest absolute Gasteiger partial charge is 0.0820 e. The van der Waals surface area contributed by atoms with Crippen molar-refractivity contribution in [3.05, 3.63) is 23.5 Å². The van der Waals surface area contributed by atoms with E-state index in [1.807, 2.05) is 0 Å². The van der Waals surface area contributed by atoms with E-state index in [9.17, 15) is 0 Å². The third-order valence-electron chi connectivity index (χ3n) is 2.24. The Morgan fingerprint density at radius 2 is 2.13 bits per heavy atom. The fourth-order valence-electron chi connectivity index (χ4n) is 0.989. The van der Waals surface area contributed by atoms with Crippen LogP contribution in [0.15, 0.2) is 18.5 Å². The summed E-state index contributed by atoms with van der Waals surface area (Å²) < 4.78 is 0. The van der Waals surface area contributed by atoms with Crippen LogP contribution in [0.3, 0.4) is 0 Å². The van der Waals surface area contributed by atoms with Crippen LogP contribution in [0.1, 0.15) is 6.92 Å². The van der Waals surface area contributed by atoms with Gasteiger partial charge in [-0.1, -0.05) is 18.5 Å². The van der Waals surface area contributed by atoms with Crippen LogP contribution in [0.25, 0.3) is 0 Å². The minimum atomic E-state index is -0.549. The first-order chi connectivity index (χ1) is 7.11. The molecule has 1 rings (SSSR count). The molecule has 1 aromatic rings. The zero-order valence-corrected chi connectivity index (χ0v) is 9.33. The molecule has 0 saturated heterocycles. The molecule has 0 spiro atoms. The van der Waals surface area contributed by atoms with Crippen LogP contribution in [0, 0.1) is 5.41 Å². The average Bonchev–Trinajstić information content (AvgIpc) is 2.28. The van der Waals surface area contributed by atoms with E-state index in [0.29, 0.717) is 11.6 Å². The van der Waals surface area contributed by atoms with Crippen LogP contribution in [0.4, 0.5) is 5.69 Å². The van der Waals surface area contributed by atoms with Crippen LogP contribution in [-0.2, 0) is 0 Å². The Balaban J connectivity index is 2.61. The summed E-state index contributed by atoms with van der Waals surface area (Å²) >= 11 is 5.89. The van der Waals surface area contributed by atoms with E-state index in [2.05, 4.69) is 10.3 Å². The number of rotatable bonds is 5. The van der Waals surface area contributed by atoms with E-state index in [1.54, 1.807) is 25.4 Å². The topological polar surface area (TPSA) is 65.4 Å². The molecule has 0 atom stereocenters. The molecule has 0 fully saturated rings. The minimum absolute atomic E-state index is 0.0841. The minimum Gasteiger partial charge on any atom is -0.396 e. The quantitative estimate of drug-likeness (QED) is 0.710. The monoisotopic (exact) mass is 230 g/mol. The van der Waals surface area contributed by atoms with Gasteiger partial charge in [0, 0.05) is 24.4 Å². The van der Waals surface area contributed by atoms with E-state index in [4.69, 9.17) is 21.8 Å². The van der Waals surface area contributed by atoms with Gasteiger partial charge in [0.25, 0.3) is 0 Å². The number of hydrogen-bond donors (Lipinski definition) is 3. The summed E-state index contributed by atoms with van der Waals surface area (Å²) in [7, 11) is 0. The Bertz CT molecular complexity index is 316. The Morgan fingerprint density at radius 3 is 2.67 bits per heavy atom. The highest BCUT2D eigenvalue weighted by molar-refractivity contribution is 6.33. The Hall–Kier alpha value is -0.840. The SMILES string of the molecule is CC(CO)(CO)CNc1ccncc1Cl. The molecule has 0 radical (unpaired) electrons. The second-order valence-corrected chi connectivity index (χ2v) is 4.24. The second-order valence-electron chi connectivity index (χ2n) is 3.84. The molecule has 0 aromatic carbocycles. The van der Waals surface area contributed by atoms with Gasteiger partial charge < -0.3 is 15.5 Å². The van der Waals surface area contributed by atoms with E-state index >= 15 is 0 Å². The number of pyridine rings is 1. The zero-order valence-electron chi connectivity index (χ0n) is 8.57. The second kappa shape index (κ2) is 5.30. The summed E-state index contributed by atoms with van der Waals surface area (Å²) in [6.07, 6.45) is 3.17. The van der Waals surface area contributed by atoms with Crippen molar-refractivity contribution in [1.82, 2.24) is 4.98 Å². The van der Waals surface area contributed by atoms with E-state index < -0.39 is 5.41 Å². The molecule has 15 heavy (non-hydrogen) atoms. The predicted molar refractivity (Wildman–Crippen MR) is 60.0 cm³/mol. The molecule has 1 aromatic heterocycles. The fraction of sp³-hybridized carbons (Fsp3) is 0.500. The van der Waals surface area contributed by atoms with Gasteiger partial charge in [0.2, 0.25) is 0 Å². The highest BCUT2D eigenvalue weighted by atomic mass is 35.5. The van der Waals surface area contributed by atoms with Crippen LogP contribution < -0.4 is 5.32 Å². The van der Waals surface area contributed by atoms with Crippen LogP contribution in [-0.4, -0.2) is 35.0 Å². The third kappa shape index (κ3) is 3.34. The van der Waals surface area contributed by atoms with E-state index in [1.165, 1.54) is 0 Å². The summed E-state index contributed by atoms with van der Waals surface area (Å²) in [5.41, 5.74) is 0.201. The van der Waals surface area contributed by atoms with Crippen molar-refractivity contribution in [2.24, 2.45) is 5.41 Å². The predicted octanol–water partition coefficient (Wildman–Crippen LogP) is 1.14. The first kappa shape index (κ1) is 12.2. The zero-order chi connectivity index (χ0) is 11.3. The average molecular weight is 231 g/mol. The van der Waals surface area contributed by atoms with Crippen molar-refractivity contribution in [2.75, 3.05) is 25.1 Å². The van der Waals surface area contributed by atoms with Crippen LogP contribution >= 0.6 is 11.6 Å². The van der Waals surface area contributed by atoms with Gasteiger partial charge in [-0.15, -0.1) is 0 Å². The summed E-state index contributed by atoms with van der Waals surface area (Å²) in [5, 5.41) is 21.8. The fourth-order valence-corrected chi connectivity index (χ4v) is 1.18. The third-order valence-corrected chi connectivity index (χ3v) is 2.54. The molecule has 0 amide bonds. The van der Waals surface area contributed by atoms with Crippen molar-refractivity contribution in [3.8, 4) is 0 Å². The van der Waals surface area contributed by atoms with Crippen LogP contribution in [0.2, 0.25) is 5.02 Å². The standard InChI is InChI=1S/C10H15ClN2O2/c1-10(6-14,7-15)5-13-9-2-3-12-4-8(9)11/h2-4,14-15H,5-7H2,1H3,(H,12,13). The molecule has 5 heteroatoms. The number of halogens is 1. The molecule has 0 aliphatic rings. The first-order valence-electron chi connectivity index (χ1n) is 4.66. The lowest BCUT2D eigenvalue weighted by Gasteiger charge is -2.25. The van der Waals surface area contributed by atoms with Crippen molar-refractivity contribution in [3.63, 3.8) is 0 Å². The molecular weight excluding hydrogens is 216 g/mol.